The van der Waals surface area contributed by atoms with E-state index in [0.717, 1.165) is 11.1 Å². The van der Waals surface area contributed by atoms with Crippen molar-refractivity contribution in [2.24, 2.45) is 0 Å². The van der Waals surface area contributed by atoms with Gasteiger partial charge in [-0.05, 0) is 23.3 Å². The summed E-state index contributed by atoms with van der Waals surface area (Å²) in [5, 5.41) is 0. The van der Waals surface area contributed by atoms with Crippen molar-refractivity contribution in [2.45, 2.75) is 19.1 Å². The van der Waals surface area contributed by atoms with E-state index in [2.05, 4.69) is 6.58 Å². The molecule has 2 aromatic rings. The molecule has 0 spiro atoms. The Morgan fingerprint density at radius 1 is 1.17 bits per heavy atom. The van der Waals surface area contributed by atoms with E-state index in [4.69, 9.17) is 14.2 Å². The van der Waals surface area contributed by atoms with Crippen LogP contribution >= 0.6 is 0 Å². The van der Waals surface area contributed by atoms with Gasteiger partial charge < -0.3 is 14.2 Å². The van der Waals surface area contributed by atoms with Gasteiger partial charge in [0.25, 0.3) is 0 Å². The molecule has 4 heteroatoms. The second-order valence-electron chi connectivity index (χ2n) is 5.39. The lowest BCUT2D eigenvalue weighted by atomic mass is 10.0. The van der Waals surface area contributed by atoms with Gasteiger partial charge in [-0.3, -0.25) is 0 Å². The third kappa shape index (κ3) is 3.37. The van der Waals surface area contributed by atoms with Gasteiger partial charge in [0.05, 0.1) is 7.11 Å². The second kappa shape index (κ2) is 6.57. The van der Waals surface area contributed by atoms with Gasteiger partial charge in [-0.15, -0.1) is 0 Å². The molecule has 1 saturated heterocycles. The minimum atomic E-state index is -0.336. The number of cyclic esters (lactones) is 1. The molecule has 1 fully saturated rings. The van der Waals surface area contributed by atoms with Gasteiger partial charge in [0.15, 0.2) is 11.5 Å². The summed E-state index contributed by atoms with van der Waals surface area (Å²) in [5.41, 5.74) is 2.44. The van der Waals surface area contributed by atoms with Crippen molar-refractivity contribution < 1.29 is 19.0 Å². The summed E-state index contributed by atoms with van der Waals surface area (Å²) >= 11 is 0. The maximum Gasteiger partial charge on any atom is 0.334 e. The lowest BCUT2D eigenvalue weighted by Crippen LogP contribution is -2.02. The van der Waals surface area contributed by atoms with Crippen molar-refractivity contribution in [3.8, 4) is 11.5 Å². The van der Waals surface area contributed by atoms with Gasteiger partial charge in [0.1, 0.15) is 12.7 Å². The number of carbonyl (C=O) groups is 1. The standard InChI is InChI=1S/C19H18O4/c1-13-10-17(23-19(13)20)15-8-9-16(21-2)18(11-15)22-12-14-6-4-3-5-7-14/h3-9,11,17H,1,10,12H2,2H3. The number of esters is 1. The molecule has 0 bridgehead atoms. The predicted octanol–water partition coefficient (Wildman–Crippen LogP) is 3.82. The van der Waals surface area contributed by atoms with Crippen molar-refractivity contribution in [1.82, 2.24) is 0 Å². The molecule has 1 heterocycles. The van der Waals surface area contributed by atoms with Gasteiger partial charge >= 0.3 is 5.97 Å². The molecular weight excluding hydrogens is 292 g/mol. The fourth-order valence-electron chi connectivity index (χ4n) is 2.49. The average Bonchev–Trinajstić information content (AvgIpc) is 2.93. The molecule has 1 atom stereocenters. The summed E-state index contributed by atoms with van der Waals surface area (Å²) < 4.78 is 16.5. The summed E-state index contributed by atoms with van der Waals surface area (Å²) in [5.74, 6) is 0.938. The Morgan fingerprint density at radius 2 is 1.96 bits per heavy atom. The fourth-order valence-corrected chi connectivity index (χ4v) is 2.49. The highest BCUT2D eigenvalue weighted by Crippen LogP contribution is 2.37. The predicted molar refractivity (Wildman–Crippen MR) is 86.4 cm³/mol. The van der Waals surface area contributed by atoms with Crippen LogP contribution in [0.4, 0.5) is 0 Å². The third-order valence-corrected chi connectivity index (χ3v) is 3.77. The lowest BCUT2D eigenvalue weighted by molar-refractivity contribution is -0.139. The first-order chi connectivity index (χ1) is 11.2. The number of hydrogen-bond donors (Lipinski definition) is 0. The van der Waals surface area contributed by atoms with E-state index in [-0.39, 0.29) is 12.1 Å². The van der Waals surface area contributed by atoms with E-state index in [1.54, 1.807) is 7.11 Å². The zero-order chi connectivity index (χ0) is 16.2. The SMILES string of the molecule is C=C1CC(c2ccc(OC)c(OCc3ccccc3)c2)OC1=O. The Balaban J connectivity index is 1.79. The van der Waals surface area contributed by atoms with Crippen molar-refractivity contribution in [1.29, 1.82) is 0 Å². The molecule has 118 valence electrons. The first kappa shape index (κ1) is 15.2. The Morgan fingerprint density at radius 3 is 2.61 bits per heavy atom. The van der Waals surface area contributed by atoms with E-state index >= 15 is 0 Å². The van der Waals surface area contributed by atoms with E-state index in [0.29, 0.717) is 30.1 Å². The van der Waals surface area contributed by atoms with Crippen molar-refractivity contribution in [3.05, 3.63) is 71.8 Å². The molecule has 0 aromatic heterocycles. The summed E-state index contributed by atoms with van der Waals surface area (Å²) in [7, 11) is 1.60. The molecule has 2 aromatic carbocycles. The number of rotatable bonds is 5. The molecule has 1 aliphatic rings. The summed E-state index contributed by atoms with van der Waals surface area (Å²) in [6, 6.07) is 15.5. The highest BCUT2D eigenvalue weighted by atomic mass is 16.6. The Labute approximate surface area is 135 Å². The highest BCUT2D eigenvalue weighted by molar-refractivity contribution is 5.90. The molecule has 1 aliphatic heterocycles. The number of benzene rings is 2. The van der Waals surface area contributed by atoms with E-state index < -0.39 is 0 Å². The summed E-state index contributed by atoms with van der Waals surface area (Å²) in [6.45, 7) is 4.15. The number of carbonyl (C=O) groups excluding carboxylic acids is 1. The monoisotopic (exact) mass is 310 g/mol. The smallest absolute Gasteiger partial charge is 0.334 e. The molecule has 0 amide bonds. The van der Waals surface area contributed by atoms with Crippen LogP contribution in [0.3, 0.4) is 0 Å². The van der Waals surface area contributed by atoms with Crippen molar-refractivity contribution in [3.63, 3.8) is 0 Å². The average molecular weight is 310 g/mol. The first-order valence-electron chi connectivity index (χ1n) is 7.41. The van der Waals surface area contributed by atoms with E-state index in [1.165, 1.54) is 0 Å². The number of methoxy groups -OCH3 is 1. The van der Waals surface area contributed by atoms with Crippen molar-refractivity contribution in [2.75, 3.05) is 7.11 Å². The lowest BCUT2D eigenvalue weighted by Gasteiger charge is -2.15. The van der Waals surface area contributed by atoms with Crippen LogP contribution in [0.5, 0.6) is 11.5 Å². The van der Waals surface area contributed by atoms with Crippen LogP contribution in [0, 0.1) is 0 Å². The molecular formula is C19H18O4. The minimum Gasteiger partial charge on any atom is -0.493 e. The van der Waals surface area contributed by atoms with Crippen molar-refractivity contribution >= 4 is 5.97 Å². The van der Waals surface area contributed by atoms with Crippen LogP contribution in [0.25, 0.3) is 0 Å². The molecule has 23 heavy (non-hydrogen) atoms. The summed E-state index contributed by atoms with van der Waals surface area (Å²) in [4.78, 5) is 11.5. The highest BCUT2D eigenvalue weighted by Gasteiger charge is 2.29. The van der Waals surface area contributed by atoms with Crippen LogP contribution in [0.15, 0.2) is 60.7 Å². The molecule has 1 unspecified atom stereocenters. The maximum absolute atomic E-state index is 11.5. The van der Waals surface area contributed by atoms with Crippen LogP contribution < -0.4 is 9.47 Å². The topological polar surface area (TPSA) is 44.8 Å². The van der Waals surface area contributed by atoms with E-state index in [1.807, 2.05) is 48.5 Å². The minimum absolute atomic E-state index is 0.306. The Bertz CT molecular complexity index is 705. The molecule has 0 saturated carbocycles. The quantitative estimate of drug-likeness (QED) is 0.622. The largest absolute Gasteiger partial charge is 0.493 e. The third-order valence-electron chi connectivity index (χ3n) is 3.77. The first-order valence-corrected chi connectivity index (χ1v) is 7.41. The summed E-state index contributed by atoms with van der Waals surface area (Å²) in [6.07, 6.45) is 0.198. The van der Waals surface area contributed by atoms with Crippen LogP contribution in [-0.4, -0.2) is 13.1 Å². The molecule has 0 radical (unpaired) electrons. The maximum atomic E-state index is 11.5. The second-order valence-corrected chi connectivity index (χ2v) is 5.39. The molecule has 0 aliphatic carbocycles. The van der Waals surface area contributed by atoms with Crippen LogP contribution in [-0.2, 0) is 16.1 Å². The van der Waals surface area contributed by atoms with Gasteiger partial charge in [-0.1, -0.05) is 43.0 Å². The zero-order valence-corrected chi connectivity index (χ0v) is 13.0. The Kier molecular flexibility index (Phi) is 4.33. The van der Waals surface area contributed by atoms with Gasteiger partial charge in [0.2, 0.25) is 0 Å². The number of hydrogen-bond acceptors (Lipinski definition) is 4. The van der Waals surface area contributed by atoms with Gasteiger partial charge in [-0.25, -0.2) is 4.79 Å². The molecule has 0 N–H and O–H groups in total. The van der Waals surface area contributed by atoms with Crippen LogP contribution in [0.2, 0.25) is 0 Å². The Hall–Kier alpha value is -2.75. The number of ether oxygens (including phenoxy) is 3. The van der Waals surface area contributed by atoms with Gasteiger partial charge in [-0.2, -0.15) is 0 Å². The van der Waals surface area contributed by atoms with E-state index in [9.17, 15) is 4.79 Å². The fraction of sp³-hybridized carbons (Fsp3) is 0.211. The van der Waals surface area contributed by atoms with Crippen LogP contribution in [0.1, 0.15) is 23.7 Å². The van der Waals surface area contributed by atoms with Gasteiger partial charge in [0, 0.05) is 12.0 Å². The zero-order valence-electron chi connectivity index (χ0n) is 13.0. The molecule has 4 nitrogen and oxygen atoms in total. The molecule has 3 rings (SSSR count). The normalized spacial score (nSPS) is 17.0.